The molecule has 1 amide bonds. The predicted molar refractivity (Wildman–Crippen MR) is 87.6 cm³/mol. The highest BCUT2D eigenvalue weighted by molar-refractivity contribution is 5.98. The summed E-state index contributed by atoms with van der Waals surface area (Å²) in [4.78, 5) is 15.6. The Bertz CT molecular complexity index is 852. The van der Waals surface area contributed by atoms with Crippen LogP contribution in [0.15, 0.2) is 54.6 Å². The van der Waals surface area contributed by atoms with Gasteiger partial charge in [-0.15, -0.1) is 0 Å². The average Bonchev–Trinajstić information content (AvgIpc) is 3.31. The highest BCUT2D eigenvalue weighted by Gasteiger charge is 2.33. The first-order valence-corrected chi connectivity index (χ1v) is 7.85. The van der Waals surface area contributed by atoms with Crippen molar-refractivity contribution in [2.45, 2.75) is 18.9 Å². The van der Waals surface area contributed by atoms with Gasteiger partial charge in [-0.1, -0.05) is 36.4 Å². The summed E-state index contributed by atoms with van der Waals surface area (Å²) in [6, 6.07) is 16.4. The monoisotopic (exact) mass is 308 g/mol. The molecule has 0 aliphatic heterocycles. The van der Waals surface area contributed by atoms with Gasteiger partial charge in [-0.05, 0) is 42.5 Å². The van der Waals surface area contributed by atoms with Crippen LogP contribution in [0.5, 0.6) is 0 Å². The molecule has 1 aliphatic carbocycles. The Morgan fingerprint density at radius 3 is 2.61 bits per heavy atom. The molecule has 23 heavy (non-hydrogen) atoms. The molecule has 1 heterocycles. The zero-order valence-electron chi connectivity index (χ0n) is 12.6. The van der Waals surface area contributed by atoms with Crippen LogP contribution >= 0.6 is 0 Å². The third kappa shape index (κ3) is 2.72. The zero-order valence-corrected chi connectivity index (χ0v) is 12.6. The number of amides is 1. The van der Waals surface area contributed by atoms with Crippen LogP contribution in [-0.4, -0.2) is 10.9 Å². The number of H-pyrrole nitrogens is 1. The Balaban J connectivity index is 1.61. The van der Waals surface area contributed by atoms with Gasteiger partial charge in [-0.2, -0.15) is 0 Å². The Hall–Kier alpha value is -2.62. The Morgan fingerprint density at radius 2 is 1.91 bits per heavy atom. The van der Waals surface area contributed by atoms with Crippen molar-refractivity contribution in [3.8, 4) is 0 Å². The quantitative estimate of drug-likeness (QED) is 0.746. The van der Waals surface area contributed by atoms with E-state index in [1.807, 2.05) is 30.3 Å². The number of hydrogen-bond acceptors (Lipinski definition) is 1. The summed E-state index contributed by atoms with van der Waals surface area (Å²) >= 11 is 0. The lowest BCUT2D eigenvalue weighted by Gasteiger charge is -2.18. The molecule has 4 rings (SSSR count). The van der Waals surface area contributed by atoms with Crippen LogP contribution in [0.1, 0.15) is 34.9 Å². The summed E-state index contributed by atoms with van der Waals surface area (Å²) in [5.41, 5.74) is 2.15. The van der Waals surface area contributed by atoms with E-state index in [0.717, 1.165) is 18.4 Å². The Morgan fingerprint density at radius 1 is 1.13 bits per heavy atom. The summed E-state index contributed by atoms with van der Waals surface area (Å²) in [7, 11) is 0. The van der Waals surface area contributed by atoms with Crippen molar-refractivity contribution in [3.63, 3.8) is 0 Å². The fourth-order valence-electron chi connectivity index (χ4n) is 3.02. The van der Waals surface area contributed by atoms with E-state index in [9.17, 15) is 9.18 Å². The molecule has 4 heteroatoms. The van der Waals surface area contributed by atoms with E-state index >= 15 is 0 Å². The van der Waals surface area contributed by atoms with Gasteiger partial charge < -0.3 is 10.3 Å². The molecule has 3 nitrogen and oxygen atoms in total. The standard InChI is InChI=1S/C19H17FN2O/c20-15-7-4-8-16-14(15)11-17(21-16)19(23)22-18(13-9-10-13)12-5-2-1-3-6-12/h1-8,11,13,18,21H,9-10H2,(H,22,23)/t18-/m0/s1. The average molecular weight is 308 g/mol. The molecule has 0 saturated heterocycles. The van der Waals surface area contributed by atoms with Gasteiger partial charge in [0, 0.05) is 10.9 Å². The van der Waals surface area contributed by atoms with Crippen LogP contribution in [-0.2, 0) is 0 Å². The second-order valence-electron chi connectivity index (χ2n) is 6.08. The molecule has 116 valence electrons. The minimum absolute atomic E-state index is 0.0139. The molecule has 1 aromatic heterocycles. The van der Waals surface area contributed by atoms with Crippen LogP contribution in [0.4, 0.5) is 4.39 Å². The number of hydrogen-bond donors (Lipinski definition) is 2. The molecule has 3 aromatic rings. The molecule has 0 spiro atoms. The number of fused-ring (bicyclic) bond motifs is 1. The summed E-state index contributed by atoms with van der Waals surface area (Å²) in [6.07, 6.45) is 2.25. The maximum atomic E-state index is 13.8. The van der Waals surface area contributed by atoms with E-state index in [0.29, 0.717) is 22.5 Å². The SMILES string of the molecule is O=C(N[C@@H](c1ccccc1)C1CC1)c1cc2c(F)cccc2[nH]1. The topological polar surface area (TPSA) is 44.9 Å². The minimum Gasteiger partial charge on any atom is -0.350 e. The zero-order chi connectivity index (χ0) is 15.8. The third-order valence-corrected chi connectivity index (χ3v) is 4.39. The molecule has 1 fully saturated rings. The first kappa shape index (κ1) is 14.0. The highest BCUT2D eigenvalue weighted by Crippen LogP contribution is 2.41. The minimum atomic E-state index is -0.320. The number of rotatable bonds is 4. The molecule has 1 aliphatic rings. The largest absolute Gasteiger partial charge is 0.350 e. The Labute approximate surface area is 133 Å². The number of nitrogens with one attached hydrogen (secondary N) is 2. The van der Waals surface area contributed by atoms with Crippen molar-refractivity contribution in [2.24, 2.45) is 5.92 Å². The van der Waals surface area contributed by atoms with E-state index < -0.39 is 0 Å². The maximum absolute atomic E-state index is 13.8. The van der Waals surface area contributed by atoms with Crippen molar-refractivity contribution in [1.82, 2.24) is 10.3 Å². The number of aromatic amines is 1. The van der Waals surface area contributed by atoms with Gasteiger partial charge in [-0.3, -0.25) is 4.79 Å². The van der Waals surface area contributed by atoms with Crippen molar-refractivity contribution < 1.29 is 9.18 Å². The van der Waals surface area contributed by atoms with Gasteiger partial charge in [-0.25, -0.2) is 4.39 Å². The fraction of sp³-hybridized carbons (Fsp3) is 0.211. The van der Waals surface area contributed by atoms with Crippen molar-refractivity contribution in [1.29, 1.82) is 0 Å². The van der Waals surface area contributed by atoms with Crippen LogP contribution in [0.25, 0.3) is 10.9 Å². The van der Waals surface area contributed by atoms with E-state index in [-0.39, 0.29) is 17.8 Å². The summed E-state index contributed by atoms with van der Waals surface area (Å²) in [5.74, 6) is -0.0246. The fourth-order valence-corrected chi connectivity index (χ4v) is 3.02. The first-order valence-electron chi connectivity index (χ1n) is 7.85. The third-order valence-electron chi connectivity index (χ3n) is 4.39. The van der Waals surface area contributed by atoms with Crippen molar-refractivity contribution in [3.05, 3.63) is 71.7 Å². The molecule has 1 saturated carbocycles. The molecular weight excluding hydrogens is 291 g/mol. The van der Waals surface area contributed by atoms with E-state index in [1.54, 1.807) is 18.2 Å². The molecule has 0 unspecified atom stereocenters. The Kier molecular flexibility index (Phi) is 3.37. The first-order chi connectivity index (χ1) is 11.2. The van der Waals surface area contributed by atoms with Crippen LogP contribution in [0, 0.1) is 11.7 Å². The molecule has 2 aromatic carbocycles. The lowest BCUT2D eigenvalue weighted by Crippen LogP contribution is -2.30. The smallest absolute Gasteiger partial charge is 0.268 e. The van der Waals surface area contributed by atoms with Crippen molar-refractivity contribution >= 4 is 16.8 Å². The van der Waals surface area contributed by atoms with E-state index in [1.165, 1.54) is 6.07 Å². The van der Waals surface area contributed by atoms with Gasteiger partial charge >= 0.3 is 0 Å². The highest BCUT2D eigenvalue weighted by atomic mass is 19.1. The number of benzene rings is 2. The molecule has 2 N–H and O–H groups in total. The second-order valence-corrected chi connectivity index (χ2v) is 6.08. The molecule has 0 radical (unpaired) electrons. The normalized spacial score (nSPS) is 15.5. The lowest BCUT2D eigenvalue weighted by molar-refractivity contribution is 0.0927. The summed E-state index contributed by atoms with van der Waals surface area (Å²) in [6.45, 7) is 0. The number of aromatic nitrogens is 1. The molecule has 1 atom stereocenters. The molecular formula is C19H17FN2O. The van der Waals surface area contributed by atoms with Gasteiger partial charge in [0.15, 0.2) is 0 Å². The van der Waals surface area contributed by atoms with Gasteiger partial charge in [0.05, 0.1) is 6.04 Å². The van der Waals surface area contributed by atoms with Crippen LogP contribution in [0.3, 0.4) is 0 Å². The van der Waals surface area contributed by atoms with Gasteiger partial charge in [0.25, 0.3) is 5.91 Å². The maximum Gasteiger partial charge on any atom is 0.268 e. The van der Waals surface area contributed by atoms with Gasteiger partial charge in [0.2, 0.25) is 0 Å². The van der Waals surface area contributed by atoms with Crippen molar-refractivity contribution in [2.75, 3.05) is 0 Å². The summed E-state index contributed by atoms with van der Waals surface area (Å²) < 4.78 is 13.8. The van der Waals surface area contributed by atoms with E-state index in [2.05, 4.69) is 10.3 Å². The van der Waals surface area contributed by atoms with E-state index in [4.69, 9.17) is 0 Å². The predicted octanol–water partition coefficient (Wildman–Crippen LogP) is 4.19. The lowest BCUT2D eigenvalue weighted by atomic mass is 10.0. The molecule has 0 bridgehead atoms. The number of halogens is 1. The van der Waals surface area contributed by atoms with Gasteiger partial charge in [0.1, 0.15) is 11.5 Å². The summed E-state index contributed by atoms with van der Waals surface area (Å²) in [5, 5.41) is 3.54. The number of carbonyl (C=O) groups excluding carboxylic acids is 1. The van der Waals surface area contributed by atoms with Crippen LogP contribution in [0.2, 0.25) is 0 Å². The van der Waals surface area contributed by atoms with Crippen LogP contribution < -0.4 is 5.32 Å². The second kappa shape index (κ2) is 5.54. The number of carbonyl (C=O) groups is 1.